The first-order valence-electron chi connectivity index (χ1n) is 9.96. The second-order valence-corrected chi connectivity index (χ2v) is 9.46. The van der Waals surface area contributed by atoms with E-state index in [2.05, 4.69) is 0 Å². The third-order valence-corrected chi connectivity index (χ3v) is 7.15. The van der Waals surface area contributed by atoms with Gasteiger partial charge in [-0.3, -0.25) is 13.8 Å². The quantitative estimate of drug-likeness (QED) is 0.632. The molecule has 9 heteroatoms. The van der Waals surface area contributed by atoms with Gasteiger partial charge in [-0.05, 0) is 36.2 Å². The first kappa shape index (κ1) is 23.4. The predicted octanol–water partition coefficient (Wildman–Crippen LogP) is 3.39. The van der Waals surface area contributed by atoms with Crippen molar-refractivity contribution in [3.63, 3.8) is 0 Å². The maximum atomic E-state index is 13.5. The van der Waals surface area contributed by atoms with Crippen molar-refractivity contribution in [2.24, 2.45) is 5.73 Å². The maximum absolute atomic E-state index is 13.5. The summed E-state index contributed by atoms with van der Waals surface area (Å²) < 4.78 is 32.5. The van der Waals surface area contributed by atoms with Crippen LogP contribution in [0.4, 0.5) is 4.39 Å². The maximum Gasteiger partial charge on any atom is 0.306 e. The van der Waals surface area contributed by atoms with Crippen molar-refractivity contribution >= 4 is 34.3 Å². The molecule has 166 valence electrons. The zero-order chi connectivity index (χ0) is 22.6. The molecule has 1 amide bonds. The summed E-state index contributed by atoms with van der Waals surface area (Å²) in [4.78, 5) is 25.5. The van der Waals surface area contributed by atoms with Crippen molar-refractivity contribution in [1.82, 2.24) is 4.90 Å². The summed E-state index contributed by atoms with van der Waals surface area (Å²) in [5, 5.41) is -0.0554. The molecule has 3 unspecified atom stereocenters. The normalized spacial score (nSPS) is 22.3. The van der Waals surface area contributed by atoms with E-state index in [0.717, 1.165) is 0 Å². The molecule has 31 heavy (non-hydrogen) atoms. The van der Waals surface area contributed by atoms with Gasteiger partial charge >= 0.3 is 5.97 Å². The fourth-order valence-corrected chi connectivity index (χ4v) is 5.18. The molecule has 6 nitrogen and oxygen atoms in total. The molecule has 3 atom stereocenters. The van der Waals surface area contributed by atoms with Gasteiger partial charge in [-0.1, -0.05) is 42.8 Å². The molecule has 1 heterocycles. The van der Waals surface area contributed by atoms with Crippen LogP contribution < -0.4 is 5.73 Å². The lowest BCUT2D eigenvalue weighted by Crippen LogP contribution is -2.69. The smallest absolute Gasteiger partial charge is 0.306 e. The summed E-state index contributed by atoms with van der Waals surface area (Å²) in [6.07, 6.45) is -0.0500. The molecule has 2 aromatic carbocycles. The molecule has 1 aliphatic heterocycles. The average molecular weight is 467 g/mol. The lowest BCUT2D eigenvalue weighted by molar-refractivity contribution is -0.159. The van der Waals surface area contributed by atoms with Crippen molar-refractivity contribution in [2.45, 2.75) is 48.6 Å². The van der Waals surface area contributed by atoms with E-state index in [4.69, 9.17) is 22.1 Å². The zero-order valence-electron chi connectivity index (χ0n) is 17.1. The minimum Gasteiger partial charge on any atom is -0.459 e. The summed E-state index contributed by atoms with van der Waals surface area (Å²) >= 11 is 5.86. The number of piperidine rings is 1. The predicted molar refractivity (Wildman–Crippen MR) is 116 cm³/mol. The number of nitrogens with zero attached hydrogens (tertiary/aromatic N) is 1. The van der Waals surface area contributed by atoms with E-state index in [1.165, 1.54) is 23.1 Å². The minimum atomic E-state index is -1.98. The Bertz CT molecular complexity index is 991. The van der Waals surface area contributed by atoms with Crippen LogP contribution in [-0.2, 0) is 31.7 Å². The van der Waals surface area contributed by atoms with E-state index < -0.39 is 39.5 Å². The summed E-state index contributed by atoms with van der Waals surface area (Å²) in [6, 6.07) is 12.6. The lowest BCUT2D eigenvalue weighted by Gasteiger charge is -2.43. The topological polar surface area (TPSA) is 89.7 Å². The van der Waals surface area contributed by atoms with E-state index in [9.17, 15) is 18.2 Å². The number of likely N-dealkylation sites (tertiary alicyclic amines) is 1. The van der Waals surface area contributed by atoms with Gasteiger partial charge in [-0.2, -0.15) is 0 Å². The van der Waals surface area contributed by atoms with Crippen LogP contribution in [0.1, 0.15) is 31.7 Å². The van der Waals surface area contributed by atoms with Gasteiger partial charge in [-0.15, -0.1) is 0 Å². The van der Waals surface area contributed by atoms with Crippen molar-refractivity contribution in [1.29, 1.82) is 0 Å². The molecule has 0 aromatic heterocycles. The zero-order valence-corrected chi connectivity index (χ0v) is 18.6. The van der Waals surface area contributed by atoms with Crippen LogP contribution in [0.5, 0.6) is 0 Å². The molecule has 1 fully saturated rings. The molecular weight excluding hydrogens is 443 g/mol. The van der Waals surface area contributed by atoms with Crippen LogP contribution >= 0.6 is 11.6 Å². The molecular formula is C22H24ClFN2O4S. The van der Waals surface area contributed by atoms with E-state index in [1.807, 2.05) is 6.92 Å². The lowest BCUT2D eigenvalue weighted by atomic mass is 10.00. The Labute approximate surface area is 188 Å². The van der Waals surface area contributed by atoms with E-state index in [0.29, 0.717) is 16.9 Å². The summed E-state index contributed by atoms with van der Waals surface area (Å²) in [5.41, 5.74) is 7.12. The van der Waals surface area contributed by atoms with Gasteiger partial charge < -0.3 is 15.4 Å². The number of hydrogen-bond donors (Lipinski definition) is 1. The highest BCUT2D eigenvalue weighted by Crippen LogP contribution is 2.32. The Morgan fingerprint density at radius 1 is 1.32 bits per heavy atom. The second-order valence-electron chi connectivity index (χ2n) is 7.37. The number of hydrogen-bond acceptors (Lipinski definition) is 5. The standard InChI is InChI=1S/C22H24ClFN2O4S/c1-2-6-20(27)30-19-11-12-26(14-15-9-10-18(24)17(23)13-15)21(28)22(19,25)31(29)16-7-4-3-5-8-16/h3-5,7-10,13,19H,2,6,11-12,14,25H2,1H3. The van der Waals surface area contributed by atoms with Crippen molar-refractivity contribution < 1.29 is 22.9 Å². The first-order chi connectivity index (χ1) is 14.8. The Morgan fingerprint density at radius 2 is 2.03 bits per heavy atom. The van der Waals surface area contributed by atoms with E-state index in [-0.39, 0.29) is 31.0 Å². The van der Waals surface area contributed by atoms with Gasteiger partial charge in [0.05, 0.1) is 15.8 Å². The number of benzene rings is 2. The highest BCUT2D eigenvalue weighted by Gasteiger charge is 2.55. The molecule has 0 radical (unpaired) electrons. The van der Waals surface area contributed by atoms with Crippen molar-refractivity contribution in [2.75, 3.05) is 6.54 Å². The van der Waals surface area contributed by atoms with Crippen LogP contribution in [0.3, 0.4) is 0 Å². The third-order valence-electron chi connectivity index (χ3n) is 5.11. The molecule has 3 rings (SSSR count). The monoisotopic (exact) mass is 466 g/mol. The van der Waals surface area contributed by atoms with Crippen LogP contribution in [0.15, 0.2) is 53.4 Å². The number of rotatable bonds is 7. The molecule has 2 N–H and O–H groups in total. The molecule has 2 aromatic rings. The summed E-state index contributed by atoms with van der Waals surface area (Å²) in [5.74, 6) is -1.65. The number of esters is 1. The molecule has 1 aliphatic rings. The number of carbonyl (C=O) groups excluding carboxylic acids is 2. The number of amides is 1. The average Bonchev–Trinajstić information content (AvgIpc) is 2.76. The highest BCUT2D eigenvalue weighted by molar-refractivity contribution is 7.87. The second kappa shape index (κ2) is 9.89. The molecule has 0 aliphatic carbocycles. The third kappa shape index (κ3) is 4.97. The highest BCUT2D eigenvalue weighted by atomic mass is 35.5. The summed E-state index contributed by atoms with van der Waals surface area (Å²) in [6.45, 7) is 2.18. The van der Waals surface area contributed by atoms with Gasteiger partial charge in [0.25, 0.3) is 5.91 Å². The van der Waals surface area contributed by atoms with Crippen LogP contribution in [0.25, 0.3) is 0 Å². The fraction of sp³-hybridized carbons (Fsp3) is 0.364. The number of ether oxygens (including phenoxy) is 1. The van der Waals surface area contributed by atoms with Crippen molar-refractivity contribution in [3.8, 4) is 0 Å². The van der Waals surface area contributed by atoms with Crippen molar-refractivity contribution in [3.05, 3.63) is 64.9 Å². The van der Waals surface area contributed by atoms with Crippen LogP contribution in [0, 0.1) is 5.82 Å². The SMILES string of the molecule is CCCC(=O)OC1CCN(Cc2ccc(F)c(Cl)c2)C(=O)C1(N)S(=O)c1ccccc1. The van der Waals surface area contributed by atoms with Gasteiger partial charge in [0, 0.05) is 30.8 Å². The Hall–Kier alpha value is -2.29. The van der Waals surface area contributed by atoms with Crippen LogP contribution in [-0.4, -0.2) is 38.5 Å². The molecule has 0 saturated carbocycles. The van der Waals surface area contributed by atoms with Gasteiger partial charge in [0.2, 0.25) is 4.87 Å². The Balaban J connectivity index is 1.92. The number of halogens is 2. The van der Waals surface area contributed by atoms with Gasteiger partial charge in [0.1, 0.15) is 11.9 Å². The molecule has 0 spiro atoms. The first-order valence-corrected chi connectivity index (χ1v) is 11.5. The Kier molecular flexibility index (Phi) is 7.46. The minimum absolute atomic E-state index is 0.0554. The Morgan fingerprint density at radius 3 is 2.68 bits per heavy atom. The molecule has 1 saturated heterocycles. The van der Waals surface area contributed by atoms with Gasteiger partial charge in [-0.25, -0.2) is 4.39 Å². The fourth-order valence-electron chi connectivity index (χ4n) is 3.49. The largest absolute Gasteiger partial charge is 0.459 e. The summed E-state index contributed by atoms with van der Waals surface area (Å²) in [7, 11) is -1.98. The molecule has 0 bridgehead atoms. The van der Waals surface area contributed by atoms with E-state index >= 15 is 0 Å². The van der Waals surface area contributed by atoms with Gasteiger partial charge in [0.15, 0.2) is 0 Å². The number of carbonyl (C=O) groups is 2. The van der Waals surface area contributed by atoms with E-state index in [1.54, 1.807) is 30.3 Å². The number of nitrogens with two attached hydrogens (primary N) is 1. The van der Waals surface area contributed by atoms with Crippen LogP contribution in [0.2, 0.25) is 5.02 Å².